The minimum atomic E-state index is -0.884. The van der Waals surface area contributed by atoms with Crippen LogP contribution in [-0.4, -0.2) is 17.0 Å². The van der Waals surface area contributed by atoms with E-state index in [4.69, 9.17) is 10.8 Å². The first-order chi connectivity index (χ1) is 11.0. The van der Waals surface area contributed by atoms with Crippen molar-refractivity contribution in [2.45, 2.75) is 0 Å². The first kappa shape index (κ1) is 16.2. The summed E-state index contributed by atoms with van der Waals surface area (Å²) in [5.74, 6) is -1.80. The second-order valence-corrected chi connectivity index (χ2v) is 4.74. The smallest absolute Gasteiger partial charge is 0.335 e. The molecule has 0 radical (unpaired) electrons. The molecule has 23 heavy (non-hydrogen) atoms. The standard InChI is InChI=1S/C11H8O2.C7H6FNO/c12-11(13)10-6-5-8-3-1-2-4-9(8)7-10;8-6-3-1-5(2-4-6)7(9)10/h1-7H,(H,12,13);1-4H,(H2,9,10). The summed E-state index contributed by atoms with van der Waals surface area (Å²) in [4.78, 5) is 21.1. The van der Waals surface area contributed by atoms with Gasteiger partial charge in [0.15, 0.2) is 0 Å². The van der Waals surface area contributed by atoms with Crippen molar-refractivity contribution in [3.63, 3.8) is 0 Å². The monoisotopic (exact) mass is 311 g/mol. The van der Waals surface area contributed by atoms with E-state index in [0.717, 1.165) is 10.8 Å². The maximum Gasteiger partial charge on any atom is 0.335 e. The van der Waals surface area contributed by atoms with Gasteiger partial charge >= 0.3 is 5.97 Å². The van der Waals surface area contributed by atoms with Crippen LogP contribution in [0.4, 0.5) is 4.39 Å². The Bertz CT molecular complexity index is 844. The highest BCUT2D eigenvalue weighted by atomic mass is 19.1. The van der Waals surface area contributed by atoms with Crippen LogP contribution < -0.4 is 5.73 Å². The molecule has 1 amide bonds. The number of aromatic carboxylic acids is 1. The minimum Gasteiger partial charge on any atom is -0.478 e. The number of benzene rings is 3. The molecule has 0 aliphatic heterocycles. The van der Waals surface area contributed by atoms with Crippen LogP contribution in [-0.2, 0) is 0 Å². The van der Waals surface area contributed by atoms with E-state index in [2.05, 4.69) is 0 Å². The van der Waals surface area contributed by atoms with Crippen molar-refractivity contribution < 1.29 is 19.1 Å². The summed E-state index contributed by atoms with van der Waals surface area (Å²) in [5.41, 5.74) is 5.56. The van der Waals surface area contributed by atoms with Crippen LogP contribution in [0, 0.1) is 5.82 Å². The Labute approximate surface area is 132 Å². The molecule has 3 N–H and O–H groups in total. The molecule has 116 valence electrons. The highest BCUT2D eigenvalue weighted by Crippen LogP contribution is 2.15. The maximum absolute atomic E-state index is 12.2. The van der Waals surface area contributed by atoms with Crippen molar-refractivity contribution in [1.82, 2.24) is 0 Å². The molecule has 4 nitrogen and oxygen atoms in total. The van der Waals surface area contributed by atoms with Crippen molar-refractivity contribution in [2.24, 2.45) is 5.73 Å². The van der Waals surface area contributed by atoms with Crippen LogP contribution in [0.3, 0.4) is 0 Å². The fraction of sp³-hybridized carbons (Fsp3) is 0. The molecule has 0 atom stereocenters. The normalized spacial score (nSPS) is 9.78. The Morgan fingerprint density at radius 2 is 1.39 bits per heavy atom. The van der Waals surface area contributed by atoms with Gasteiger partial charge in [0, 0.05) is 5.56 Å². The molecule has 3 rings (SSSR count). The van der Waals surface area contributed by atoms with Gasteiger partial charge in [-0.05, 0) is 47.2 Å². The lowest BCUT2D eigenvalue weighted by atomic mass is 10.1. The molecule has 0 aromatic heterocycles. The molecule has 5 heteroatoms. The summed E-state index contributed by atoms with van der Waals surface area (Å²) in [6, 6.07) is 17.9. The fourth-order valence-corrected chi connectivity index (χ4v) is 1.94. The molecule has 0 fully saturated rings. The Balaban J connectivity index is 0.000000174. The highest BCUT2D eigenvalue weighted by molar-refractivity contribution is 5.94. The number of rotatable bonds is 2. The van der Waals surface area contributed by atoms with Crippen LogP contribution in [0.2, 0.25) is 0 Å². The van der Waals surface area contributed by atoms with E-state index < -0.39 is 11.9 Å². The van der Waals surface area contributed by atoms with E-state index in [1.54, 1.807) is 12.1 Å². The Kier molecular flexibility index (Phi) is 5.04. The topological polar surface area (TPSA) is 80.4 Å². The number of hydrogen-bond donors (Lipinski definition) is 2. The van der Waals surface area contributed by atoms with E-state index in [1.165, 1.54) is 24.3 Å². The second-order valence-electron chi connectivity index (χ2n) is 4.74. The third kappa shape index (κ3) is 4.38. The highest BCUT2D eigenvalue weighted by Gasteiger charge is 2.02. The molecule has 0 saturated heterocycles. The number of carboxylic acid groups (broad SMARTS) is 1. The van der Waals surface area contributed by atoms with Gasteiger partial charge in [0.05, 0.1) is 5.56 Å². The van der Waals surface area contributed by atoms with Crippen LogP contribution in [0.5, 0.6) is 0 Å². The molecular formula is C18H14FNO3. The molecule has 0 aliphatic carbocycles. The second kappa shape index (κ2) is 7.17. The SMILES string of the molecule is NC(=O)c1ccc(F)cc1.O=C(O)c1ccc2ccccc2c1. The quantitative estimate of drug-likeness (QED) is 0.760. The minimum absolute atomic E-state index is 0.321. The van der Waals surface area contributed by atoms with Gasteiger partial charge in [-0.25, -0.2) is 9.18 Å². The lowest BCUT2D eigenvalue weighted by Crippen LogP contribution is -2.10. The number of carbonyl (C=O) groups is 2. The molecular weight excluding hydrogens is 297 g/mol. The van der Waals surface area contributed by atoms with Crippen molar-refractivity contribution in [1.29, 1.82) is 0 Å². The average molecular weight is 311 g/mol. The van der Waals surface area contributed by atoms with Gasteiger partial charge in [-0.3, -0.25) is 4.79 Å². The Hall–Kier alpha value is -3.21. The largest absolute Gasteiger partial charge is 0.478 e. The predicted octanol–water partition coefficient (Wildman–Crippen LogP) is 3.46. The van der Waals surface area contributed by atoms with Gasteiger partial charge in [0.1, 0.15) is 5.82 Å². The summed E-state index contributed by atoms with van der Waals surface area (Å²) in [5, 5.41) is 10.8. The van der Waals surface area contributed by atoms with E-state index in [9.17, 15) is 14.0 Å². The Morgan fingerprint density at radius 1 is 0.826 bits per heavy atom. The van der Waals surface area contributed by atoms with Gasteiger partial charge in [0.25, 0.3) is 0 Å². The number of primary amides is 1. The van der Waals surface area contributed by atoms with Crippen LogP contribution in [0.15, 0.2) is 66.7 Å². The third-order valence-electron chi connectivity index (χ3n) is 3.13. The molecule has 3 aromatic rings. The van der Waals surface area contributed by atoms with Gasteiger partial charge in [-0.2, -0.15) is 0 Å². The number of nitrogens with two attached hydrogens (primary N) is 1. The Morgan fingerprint density at radius 3 is 1.96 bits per heavy atom. The van der Waals surface area contributed by atoms with Gasteiger partial charge in [-0.15, -0.1) is 0 Å². The fourth-order valence-electron chi connectivity index (χ4n) is 1.94. The van der Waals surface area contributed by atoms with E-state index in [1.807, 2.05) is 30.3 Å². The third-order valence-corrected chi connectivity index (χ3v) is 3.13. The average Bonchev–Trinajstić information content (AvgIpc) is 2.55. The van der Waals surface area contributed by atoms with Crippen LogP contribution in [0.1, 0.15) is 20.7 Å². The van der Waals surface area contributed by atoms with Crippen LogP contribution in [0.25, 0.3) is 10.8 Å². The zero-order chi connectivity index (χ0) is 16.8. The molecule has 0 unspecified atom stereocenters. The van der Waals surface area contributed by atoms with Crippen molar-refractivity contribution >= 4 is 22.6 Å². The first-order valence-corrected chi connectivity index (χ1v) is 6.75. The lowest BCUT2D eigenvalue weighted by molar-refractivity contribution is 0.0697. The number of fused-ring (bicyclic) bond motifs is 1. The summed E-state index contributed by atoms with van der Waals surface area (Å²) in [6.07, 6.45) is 0. The first-order valence-electron chi connectivity index (χ1n) is 6.75. The number of halogens is 1. The van der Waals surface area contributed by atoms with Gasteiger partial charge in [-0.1, -0.05) is 30.3 Å². The molecule has 3 aromatic carbocycles. The van der Waals surface area contributed by atoms with Gasteiger partial charge < -0.3 is 10.8 Å². The predicted molar refractivity (Wildman–Crippen MR) is 85.8 cm³/mol. The van der Waals surface area contributed by atoms with E-state index >= 15 is 0 Å². The summed E-state index contributed by atoms with van der Waals surface area (Å²) in [6.45, 7) is 0. The molecule has 0 bridgehead atoms. The summed E-state index contributed by atoms with van der Waals surface area (Å²) >= 11 is 0. The van der Waals surface area contributed by atoms with E-state index in [-0.39, 0.29) is 5.82 Å². The molecule has 0 heterocycles. The number of carboxylic acids is 1. The van der Waals surface area contributed by atoms with Gasteiger partial charge in [0.2, 0.25) is 5.91 Å². The molecule has 0 saturated carbocycles. The van der Waals surface area contributed by atoms with Crippen molar-refractivity contribution in [3.8, 4) is 0 Å². The zero-order valence-electron chi connectivity index (χ0n) is 12.1. The zero-order valence-corrected chi connectivity index (χ0v) is 12.1. The maximum atomic E-state index is 12.2. The molecule has 0 spiro atoms. The van der Waals surface area contributed by atoms with Crippen LogP contribution >= 0.6 is 0 Å². The molecule has 0 aliphatic rings. The lowest BCUT2D eigenvalue weighted by Gasteiger charge is -1.98. The van der Waals surface area contributed by atoms with E-state index in [0.29, 0.717) is 11.1 Å². The summed E-state index contributed by atoms with van der Waals surface area (Å²) < 4.78 is 12.2. The van der Waals surface area contributed by atoms with Crippen molar-refractivity contribution in [3.05, 3.63) is 83.7 Å². The number of hydrogen-bond acceptors (Lipinski definition) is 2. The number of amides is 1. The number of carbonyl (C=O) groups excluding carboxylic acids is 1. The van der Waals surface area contributed by atoms with Crippen molar-refractivity contribution in [2.75, 3.05) is 0 Å². The summed E-state index contributed by atoms with van der Waals surface area (Å²) in [7, 11) is 0.